The maximum Gasteiger partial charge on any atom is 0.457 e. The molecular formula is C18H9BrF12N2O3. The van der Waals surface area contributed by atoms with Crippen LogP contribution in [0, 0.1) is 5.82 Å². The molecule has 0 saturated heterocycles. The second-order valence-corrected chi connectivity index (χ2v) is 7.53. The van der Waals surface area contributed by atoms with Gasteiger partial charge in [-0.05, 0) is 40.2 Å². The summed E-state index contributed by atoms with van der Waals surface area (Å²) in [7, 11) is 0. The van der Waals surface area contributed by atoms with E-state index < -0.39 is 81.1 Å². The molecule has 0 heterocycles. The van der Waals surface area contributed by atoms with Crippen molar-refractivity contribution in [3.05, 3.63) is 51.7 Å². The van der Waals surface area contributed by atoms with Crippen molar-refractivity contribution in [2.24, 2.45) is 0 Å². The number of hydrogen-bond donors (Lipinski definition) is 3. The summed E-state index contributed by atoms with van der Waals surface area (Å²) < 4.78 is 163. The van der Waals surface area contributed by atoms with E-state index in [2.05, 4.69) is 20.7 Å². The lowest BCUT2D eigenvalue weighted by molar-refractivity contribution is -0.389. The molecule has 2 rings (SSSR count). The maximum absolute atomic E-state index is 14.8. The SMILES string of the molecule is O=C(Nc1c(Br)cc(C(F)(C(F)(F)F)C(F)(F)C(F)(F)F)cc1OC(F)F)c1cccc(NO)c1F. The number of carbonyl (C=O) groups excluding carboxylic acids is 1. The van der Waals surface area contributed by atoms with E-state index in [9.17, 15) is 57.5 Å². The van der Waals surface area contributed by atoms with Gasteiger partial charge in [0, 0.05) is 10.0 Å². The summed E-state index contributed by atoms with van der Waals surface area (Å²) in [5, 5.41) is 10.5. The van der Waals surface area contributed by atoms with Gasteiger partial charge in [-0.25, -0.2) is 8.78 Å². The van der Waals surface area contributed by atoms with Crippen molar-refractivity contribution >= 4 is 33.2 Å². The second-order valence-electron chi connectivity index (χ2n) is 6.67. The lowest BCUT2D eigenvalue weighted by atomic mass is 9.87. The number of amides is 1. The number of hydrogen-bond acceptors (Lipinski definition) is 4. The molecule has 18 heteroatoms. The fourth-order valence-corrected chi connectivity index (χ4v) is 3.32. The highest BCUT2D eigenvalue weighted by Crippen LogP contribution is 2.59. The van der Waals surface area contributed by atoms with Crippen LogP contribution in [0.5, 0.6) is 5.75 Å². The Morgan fingerprint density at radius 3 is 2.03 bits per heavy atom. The highest BCUT2D eigenvalue weighted by atomic mass is 79.9. The number of carbonyl (C=O) groups is 1. The van der Waals surface area contributed by atoms with Crippen molar-refractivity contribution in [3.63, 3.8) is 0 Å². The van der Waals surface area contributed by atoms with Gasteiger partial charge in [-0.1, -0.05) is 6.07 Å². The molecular weight excluding hydrogens is 600 g/mol. The van der Waals surface area contributed by atoms with Crippen LogP contribution in [-0.2, 0) is 5.67 Å². The maximum atomic E-state index is 14.8. The van der Waals surface area contributed by atoms with E-state index in [-0.39, 0.29) is 6.07 Å². The number of alkyl halides is 11. The molecule has 5 nitrogen and oxygen atoms in total. The van der Waals surface area contributed by atoms with E-state index in [4.69, 9.17) is 5.21 Å². The van der Waals surface area contributed by atoms with Crippen molar-refractivity contribution in [2.45, 2.75) is 30.6 Å². The summed E-state index contributed by atoms with van der Waals surface area (Å²) in [6.45, 7) is -3.97. The highest BCUT2D eigenvalue weighted by Gasteiger charge is 2.81. The first-order valence-electron chi connectivity index (χ1n) is 8.78. The van der Waals surface area contributed by atoms with Crippen LogP contribution in [0.25, 0.3) is 0 Å². The van der Waals surface area contributed by atoms with Crippen molar-refractivity contribution in [1.29, 1.82) is 0 Å². The van der Waals surface area contributed by atoms with Crippen LogP contribution in [0.15, 0.2) is 34.8 Å². The van der Waals surface area contributed by atoms with Gasteiger partial charge in [0.05, 0.1) is 16.9 Å². The second kappa shape index (κ2) is 9.87. The molecule has 36 heavy (non-hydrogen) atoms. The summed E-state index contributed by atoms with van der Waals surface area (Å²) in [6.07, 6.45) is -14.0. The Kier molecular flexibility index (Phi) is 8.05. The van der Waals surface area contributed by atoms with Crippen molar-refractivity contribution in [1.82, 2.24) is 0 Å². The van der Waals surface area contributed by atoms with Gasteiger partial charge < -0.3 is 10.1 Å². The first-order chi connectivity index (χ1) is 16.3. The summed E-state index contributed by atoms with van der Waals surface area (Å²) in [5.74, 6) is -11.8. The number of nitrogens with one attached hydrogen (secondary N) is 2. The summed E-state index contributed by atoms with van der Waals surface area (Å²) >= 11 is 2.37. The Morgan fingerprint density at radius 1 is 0.972 bits per heavy atom. The molecule has 2 aromatic carbocycles. The summed E-state index contributed by atoms with van der Waals surface area (Å²) in [5.41, 5.74) is -10.3. The number of halogens is 13. The minimum atomic E-state index is -7.12. The Hall–Kier alpha value is -2.89. The van der Waals surface area contributed by atoms with E-state index in [1.54, 1.807) is 5.32 Å². The summed E-state index contributed by atoms with van der Waals surface area (Å²) in [4.78, 5) is 12.4. The predicted molar refractivity (Wildman–Crippen MR) is 100 cm³/mol. The zero-order valence-electron chi connectivity index (χ0n) is 16.6. The van der Waals surface area contributed by atoms with Gasteiger partial charge in [-0.3, -0.25) is 15.5 Å². The lowest BCUT2D eigenvalue weighted by Crippen LogP contribution is -2.59. The molecule has 0 radical (unpaired) electrons. The molecule has 1 unspecified atom stereocenters. The van der Waals surface area contributed by atoms with Gasteiger partial charge in [0.1, 0.15) is 0 Å². The number of benzene rings is 2. The van der Waals surface area contributed by atoms with Crippen molar-refractivity contribution in [2.75, 3.05) is 10.8 Å². The Morgan fingerprint density at radius 2 is 1.56 bits per heavy atom. The van der Waals surface area contributed by atoms with Crippen LogP contribution in [-0.4, -0.2) is 36.0 Å². The van der Waals surface area contributed by atoms with Gasteiger partial charge in [0.2, 0.25) is 0 Å². The van der Waals surface area contributed by atoms with Gasteiger partial charge in [-0.15, -0.1) is 0 Å². The first kappa shape index (κ1) is 29.3. The minimum absolute atomic E-state index is 0.289. The van der Waals surface area contributed by atoms with Crippen LogP contribution >= 0.6 is 15.9 Å². The highest BCUT2D eigenvalue weighted by molar-refractivity contribution is 9.10. The molecule has 0 aromatic heterocycles. The molecule has 0 fully saturated rings. The van der Waals surface area contributed by atoms with Crippen LogP contribution in [0.1, 0.15) is 15.9 Å². The molecule has 0 aliphatic rings. The quantitative estimate of drug-likeness (QED) is 0.230. The van der Waals surface area contributed by atoms with Crippen molar-refractivity contribution < 1.29 is 67.4 Å². The lowest BCUT2D eigenvalue weighted by Gasteiger charge is -2.36. The molecule has 0 aliphatic heterocycles. The molecule has 1 amide bonds. The number of anilines is 2. The zero-order valence-corrected chi connectivity index (χ0v) is 18.2. The third-order valence-electron chi connectivity index (χ3n) is 4.45. The standard InChI is InChI=1S/C18H9BrF12N2O3/c19-8-4-6(15(23,17(26,27)28)16(24,25)18(29,30)31)5-10(36-14(21)22)12(8)32-13(34)7-2-1-3-9(33-35)11(7)20/h1-5,14,33,35H,(H,32,34). The number of ether oxygens (including phenoxy) is 1. The van der Waals surface area contributed by atoms with E-state index in [1.807, 2.05) is 0 Å². The molecule has 0 aliphatic carbocycles. The smallest absolute Gasteiger partial charge is 0.433 e. The normalized spacial score (nSPS) is 14.4. The molecule has 200 valence electrons. The zero-order chi connectivity index (χ0) is 27.9. The molecule has 2 aromatic rings. The third-order valence-corrected chi connectivity index (χ3v) is 5.07. The van der Waals surface area contributed by atoms with Gasteiger partial charge in [-0.2, -0.15) is 43.9 Å². The largest absolute Gasteiger partial charge is 0.457 e. The molecule has 0 spiro atoms. The third kappa shape index (κ3) is 5.14. The van der Waals surface area contributed by atoms with E-state index >= 15 is 0 Å². The topological polar surface area (TPSA) is 70.6 Å². The average Bonchev–Trinajstić information content (AvgIpc) is 2.73. The molecule has 0 bridgehead atoms. The van der Waals surface area contributed by atoms with Crippen molar-refractivity contribution in [3.8, 4) is 5.75 Å². The van der Waals surface area contributed by atoms with Crippen LogP contribution in [0.2, 0.25) is 0 Å². The summed E-state index contributed by atoms with van der Waals surface area (Å²) in [6, 6.07) is 1.87. The molecule has 1 atom stereocenters. The fourth-order valence-electron chi connectivity index (χ4n) is 2.78. The predicted octanol–water partition coefficient (Wildman–Crippen LogP) is 7.17. The van der Waals surface area contributed by atoms with Gasteiger partial charge >= 0.3 is 30.6 Å². The molecule has 0 saturated carbocycles. The van der Waals surface area contributed by atoms with Gasteiger partial charge in [0.25, 0.3) is 5.91 Å². The van der Waals surface area contributed by atoms with E-state index in [0.717, 1.165) is 18.2 Å². The van der Waals surface area contributed by atoms with Crippen LogP contribution in [0.3, 0.4) is 0 Å². The minimum Gasteiger partial charge on any atom is -0.433 e. The average molecular weight is 609 g/mol. The van der Waals surface area contributed by atoms with Crippen LogP contribution < -0.4 is 15.5 Å². The first-order valence-corrected chi connectivity index (χ1v) is 9.57. The Bertz CT molecular complexity index is 1140. The van der Waals surface area contributed by atoms with E-state index in [0.29, 0.717) is 0 Å². The fraction of sp³-hybridized carbons (Fsp3) is 0.278. The number of rotatable bonds is 7. The van der Waals surface area contributed by atoms with Gasteiger partial charge in [0.15, 0.2) is 11.6 Å². The Labute approximate surface area is 200 Å². The molecule has 3 N–H and O–H groups in total. The Balaban J connectivity index is 2.74. The van der Waals surface area contributed by atoms with E-state index in [1.165, 1.54) is 5.48 Å². The monoisotopic (exact) mass is 608 g/mol. The van der Waals surface area contributed by atoms with Crippen LogP contribution in [0.4, 0.5) is 64.1 Å².